The van der Waals surface area contributed by atoms with Crippen molar-refractivity contribution in [3.8, 4) is 5.75 Å². The lowest BCUT2D eigenvalue weighted by molar-refractivity contribution is 0.0906. The maximum atomic E-state index is 12.4. The van der Waals surface area contributed by atoms with Gasteiger partial charge in [0.2, 0.25) is 5.09 Å². The summed E-state index contributed by atoms with van der Waals surface area (Å²) in [5.74, 6) is 0.110. The van der Waals surface area contributed by atoms with E-state index in [1.807, 2.05) is 39.0 Å². The Hall–Kier alpha value is -2.32. The van der Waals surface area contributed by atoms with Gasteiger partial charge < -0.3 is 14.5 Å². The second kappa shape index (κ2) is 7.71. The Morgan fingerprint density at radius 2 is 2.00 bits per heavy atom. The van der Waals surface area contributed by atoms with Crippen molar-refractivity contribution < 1.29 is 22.4 Å². The van der Waals surface area contributed by atoms with E-state index in [9.17, 15) is 13.2 Å². The van der Waals surface area contributed by atoms with Gasteiger partial charge in [0.05, 0.1) is 12.6 Å². The number of ether oxygens (including phenoxy) is 1. The summed E-state index contributed by atoms with van der Waals surface area (Å²) in [7, 11) is -2.46. The average Bonchev–Trinajstić information content (AvgIpc) is 3.07. The Bertz CT molecular complexity index is 858. The second-order valence-electron chi connectivity index (χ2n) is 5.50. The highest BCUT2D eigenvalue weighted by molar-refractivity contribution is 7.89. The molecule has 0 aliphatic rings. The fourth-order valence-corrected chi connectivity index (χ4v) is 2.97. The van der Waals surface area contributed by atoms with E-state index >= 15 is 0 Å². The van der Waals surface area contributed by atoms with Crippen molar-refractivity contribution in [1.82, 2.24) is 10.0 Å². The van der Waals surface area contributed by atoms with Crippen LogP contribution >= 0.6 is 0 Å². The minimum Gasteiger partial charge on any atom is -0.494 e. The Kier molecular flexibility index (Phi) is 5.86. The van der Waals surface area contributed by atoms with Gasteiger partial charge in [-0.2, -0.15) is 0 Å². The van der Waals surface area contributed by atoms with Crippen molar-refractivity contribution in [2.45, 2.75) is 31.9 Å². The molecule has 0 aliphatic heterocycles. The number of carbonyl (C=O) groups is 1. The summed E-state index contributed by atoms with van der Waals surface area (Å²) in [6, 6.07) is 7.96. The van der Waals surface area contributed by atoms with Crippen molar-refractivity contribution in [3.05, 3.63) is 47.2 Å². The highest BCUT2D eigenvalue weighted by Crippen LogP contribution is 2.27. The maximum Gasteiger partial charge on any atom is 0.287 e. The highest BCUT2D eigenvalue weighted by atomic mass is 32.2. The zero-order valence-corrected chi connectivity index (χ0v) is 15.4. The molecule has 0 saturated heterocycles. The summed E-state index contributed by atoms with van der Waals surface area (Å²) in [5, 5.41) is 2.49. The Labute approximate surface area is 147 Å². The molecule has 1 aromatic heterocycles. The largest absolute Gasteiger partial charge is 0.494 e. The molecule has 25 heavy (non-hydrogen) atoms. The van der Waals surface area contributed by atoms with Gasteiger partial charge in [-0.1, -0.05) is 17.7 Å². The smallest absolute Gasteiger partial charge is 0.287 e. The standard InChI is InChI=1S/C17H22N2O5S/c1-5-23-14-7-6-11(2)10-13(14)12(3)19-17(20)15-8-9-16(24-15)25(21,22)18-4/h6-10,12,18H,5H2,1-4H3,(H,19,20). The van der Waals surface area contributed by atoms with Crippen molar-refractivity contribution in [2.24, 2.45) is 0 Å². The fourth-order valence-electron chi connectivity index (χ4n) is 2.33. The first-order chi connectivity index (χ1) is 11.8. The molecular formula is C17H22N2O5S. The van der Waals surface area contributed by atoms with Gasteiger partial charge in [0, 0.05) is 5.56 Å². The van der Waals surface area contributed by atoms with Crippen molar-refractivity contribution in [1.29, 1.82) is 0 Å². The Morgan fingerprint density at radius 1 is 1.28 bits per heavy atom. The molecule has 0 bridgehead atoms. The minimum absolute atomic E-state index is 0.0775. The number of rotatable bonds is 7. The van der Waals surface area contributed by atoms with Crippen LogP contribution < -0.4 is 14.8 Å². The van der Waals surface area contributed by atoms with Gasteiger partial charge in [-0.15, -0.1) is 0 Å². The first-order valence-electron chi connectivity index (χ1n) is 7.86. The molecule has 1 aromatic carbocycles. The topological polar surface area (TPSA) is 97.6 Å². The number of carbonyl (C=O) groups excluding carboxylic acids is 1. The molecule has 0 fully saturated rings. The lowest BCUT2D eigenvalue weighted by atomic mass is 10.0. The number of hydrogen-bond donors (Lipinski definition) is 2. The van der Waals surface area contributed by atoms with Crippen molar-refractivity contribution in [2.75, 3.05) is 13.7 Å². The summed E-state index contributed by atoms with van der Waals surface area (Å²) < 4.78 is 36.2. The molecule has 0 aliphatic carbocycles. The van der Waals surface area contributed by atoms with Gasteiger partial charge in [0.15, 0.2) is 5.76 Å². The zero-order chi connectivity index (χ0) is 18.6. The van der Waals surface area contributed by atoms with E-state index < -0.39 is 15.9 Å². The molecule has 136 valence electrons. The molecule has 1 amide bonds. The minimum atomic E-state index is -3.73. The van der Waals surface area contributed by atoms with Gasteiger partial charge in [0.25, 0.3) is 15.9 Å². The van der Waals surface area contributed by atoms with Crippen LogP contribution in [-0.2, 0) is 10.0 Å². The van der Waals surface area contributed by atoms with Gasteiger partial charge >= 0.3 is 0 Å². The monoisotopic (exact) mass is 366 g/mol. The van der Waals surface area contributed by atoms with Gasteiger partial charge in [-0.05, 0) is 46.0 Å². The number of hydrogen-bond acceptors (Lipinski definition) is 5. The van der Waals surface area contributed by atoms with Crippen molar-refractivity contribution in [3.63, 3.8) is 0 Å². The number of nitrogens with one attached hydrogen (secondary N) is 2. The molecule has 2 aromatic rings. The van der Waals surface area contributed by atoms with Crippen LogP contribution in [0.1, 0.15) is 41.6 Å². The summed E-state index contributed by atoms with van der Waals surface area (Å²) in [5.41, 5.74) is 1.88. The lowest BCUT2D eigenvalue weighted by Gasteiger charge is -2.18. The molecule has 1 atom stereocenters. The van der Waals surface area contributed by atoms with Crippen LogP contribution in [0.25, 0.3) is 0 Å². The predicted molar refractivity (Wildman–Crippen MR) is 93.2 cm³/mol. The molecule has 8 heteroatoms. The summed E-state index contributed by atoms with van der Waals surface area (Å²) in [6.07, 6.45) is 0. The SMILES string of the molecule is CCOc1ccc(C)cc1C(C)NC(=O)c1ccc(S(=O)(=O)NC)o1. The van der Waals surface area contributed by atoms with Crippen LogP contribution in [0, 0.1) is 6.92 Å². The molecule has 0 radical (unpaired) electrons. The fraction of sp³-hybridized carbons (Fsp3) is 0.353. The number of benzene rings is 1. The first-order valence-corrected chi connectivity index (χ1v) is 9.34. The molecule has 7 nitrogen and oxygen atoms in total. The third kappa shape index (κ3) is 4.40. The van der Waals surface area contributed by atoms with Crippen LogP contribution in [-0.4, -0.2) is 28.0 Å². The maximum absolute atomic E-state index is 12.4. The van der Waals surface area contributed by atoms with Crippen LogP contribution in [0.15, 0.2) is 39.8 Å². The quantitative estimate of drug-likeness (QED) is 0.784. The van der Waals surface area contributed by atoms with Gasteiger partial charge in [-0.3, -0.25) is 4.79 Å². The molecule has 0 saturated carbocycles. The molecule has 2 N–H and O–H groups in total. The lowest BCUT2D eigenvalue weighted by Crippen LogP contribution is -2.26. The number of sulfonamides is 1. The van der Waals surface area contributed by atoms with E-state index in [1.165, 1.54) is 19.2 Å². The second-order valence-corrected chi connectivity index (χ2v) is 7.31. The highest BCUT2D eigenvalue weighted by Gasteiger charge is 2.21. The summed E-state index contributed by atoms with van der Waals surface area (Å²) in [4.78, 5) is 12.4. The molecule has 1 heterocycles. The molecule has 2 rings (SSSR count). The zero-order valence-electron chi connectivity index (χ0n) is 14.6. The number of amides is 1. The molecule has 0 spiro atoms. The Morgan fingerprint density at radius 3 is 2.64 bits per heavy atom. The van der Waals surface area contributed by atoms with Crippen LogP contribution in [0.4, 0.5) is 0 Å². The van der Waals surface area contributed by atoms with Crippen molar-refractivity contribution >= 4 is 15.9 Å². The van der Waals surface area contributed by atoms with E-state index in [1.54, 1.807) is 0 Å². The third-order valence-electron chi connectivity index (χ3n) is 3.62. The molecular weight excluding hydrogens is 344 g/mol. The number of aryl methyl sites for hydroxylation is 1. The van der Waals surface area contributed by atoms with Gasteiger partial charge in [0.1, 0.15) is 5.75 Å². The van der Waals surface area contributed by atoms with Gasteiger partial charge in [-0.25, -0.2) is 13.1 Å². The third-order valence-corrected chi connectivity index (χ3v) is 4.90. The van der Waals surface area contributed by atoms with E-state index in [0.717, 1.165) is 11.1 Å². The van der Waals surface area contributed by atoms with Crippen LogP contribution in [0.2, 0.25) is 0 Å². The van der Waals surface area contributed by atoms with E-state index in [2.05, 4.69) is 10.0 Å². The number of furan rings is 1. The van der Waals surface area contributed by atoms with E-state index in [-0.39, 0.29) is 16.9 Å². The Balaban J connectivity index is 2.20. The van der Waals surface area contributed by atoms with E-state index in [4.69, 9.17) is 9.15 Å². The van der Waals surface area contributed by atoms with Crippen LogP contribution in [0.5, 0.6) is 5.75 Å². The van der Waals surface area contributed by atoms with Crippen LogP contribution in [0.3, 0.4) is 0 Å². The average molecular weight is 366 g/mol. The van der Waals surface area contributed by atoms with E-state index in [0.29, 0.717) is 12.4 Å². The first kappa shape index (κ1) is 19.0. The predicted octanol–water partition coefficient (Wildman–Crippen LogP) is 2.39. The normalized spacial score (nSPS) is 12.6. The summed E-state index contributed by atoms with van der Waals surface area (Å²) in [6.45, 7) is 6.18. The summed E-state index contributed by atoms with van der Waals surface area (Å²) >= 11 is 0. The molecule has 1 unspecified atom stereocenters.